The molecule has 24 heavy (non-hydrogen) atoms. The zero-order valence-electron chi connectivity index (χ0n) is 14.7. The molecule has 0 saturated carbocycles. The molecule has 2 saturated heterocycles. The van der Waals surface area contributed by atoms with E-state index in [1.54, 1.807) is 0 Å². The number of hydrogen-bond donors (Lipinski definition) is 1. The van der Waals surface area contributed by atoms with Gasteiger partial charge in [-0.3, -0.25) is 9.59 Å². The predicted molar refractivity (Wildman–Crippen MR) is 90.6 cm³/mol. The van der Waals surface area contributed by atoms with Gasteiger partial charge >= 0.3 is 0 Å². The molecule has 6 heteroatoms. The molecule has 1 unspecified atom stereocenters. The molecule has 1 spiro atoms. The lowest BCUT2D eigenvalue weighted by molar-refractivity contribution is -0.168. The summed E-state index contributed by atoms with van der Waals surface area (Å²) in [7, 11) is 1.86. The smallest absolute Gasteiger partial charge is 0.267 e. The predicted octanol–water partition coefficient (Wildman–Crippen LogP) is 1.42. The number of nitrogens with zero attached hydrogens (tertiary/aromatic N) is 2. The first-order valence-corrected chi connectivity index (χ1v) is 8.75. The molecular weight excluding hydrogens is 306 g/mol. The summed E-state index contributed by atoms with van der Waals surface area (Å²) >= 11 is 0. The van der Waals surface area contributed by atoms with Gasteiger partial charge in [-0.1, -0.05) is 13.8 Å². The van der Waals surface area contributed by atoms with Gasteiger partial charge in [0.2, 0.25) is 5.91 Å². The Morgan fingerprint density at radius 2 is 2.17 bits per heavy atom. The molecule has 0 aromatic carbocycles. The van der Waals surface area contributed by atoms with Crippen LogP contribution in [0.5, 0.6) is 0 Å². The monoisotopic (exact) mass is 333 g/mol. The van der Waals surface area contributed by atoms with Crippen molar-refractivity contribution in [2.24, 2.45) is 18.9 Å². The minimum absolute atomic E-state index is 0.0341. The van der Waals surface area contributed by atoms with Crippen molar-refractivity contribution in [2.45, 2.75) is 32.3 Å². The molecule has 1 N–H and O–H groups in total. The molecule has 0 aliphatic carbocycles. The lowest BCUT2D eigenvalue weighted by Crippen LogP contribution is -2.66. The van der Waals surface area contributed by atoms with Crippen LogP contribution in [0.1, 0.15) is 37.2 Å². The van der Waals surface area contributed by atoms with Crippen molar-refractivity contribution in [3.05, 3.63) is 24.0 Å². The van der Waals surface area contributed by atoms with E-state index in [1.165, 1.54) is 0 Å². The van der Waals surface area contributed by atoms with Crippen LogP contribution in [0.15, 0.2) is 18.3 Å². The van der Waals surface area contributed by atoms with Crippen LogP contribution in [0.3, 0.4) is 0 Å². The Kier molecular flexibility index (Phi) is 4.67. The number of nitrogens with one attached hydrogen (secondary N) is 1. The van der Waals surface area contributed by atoms with Gasteiger partial charge in [0.05, 0.1) is 13.1 Å². The largest absolute Gasteiger partial charge is 0.371 e. The van der Waals surface area contributed by atoms with Gasteiger partial charge in [0.25, 0.3) is 5.91 Å². The number of ether oxygens (including phenoxy) is 1. The van der Waals surface area contributed by atoms with Gasteiger partial charge in [-0.25, -0.2) is 0 Å². The SMILES string of the molecule is CC(C)C(=O)N1CC2(C1)OCCC2CCNC(=O)c1cccn1C. The van der Waals surface area contributed by atoms with Crippen molar-refractivity contribution in [1.29, 1.82) is 0 Å². The maximum Gasteiger partial charge on any atom is 0.267 e. The first-order chi connectivity index (χ1) is 11.4. The third kappa shape index (κ3) is 3.07. The van der Waals surface area contributed by atoms with Crippen LogP contribution >= 0.6 is 0 Å². The van der Waals surface area contributed by atoms with Gasteiger partial charge in [0.1, 0.15) is 11.3 Å². The lowest BCUT2D eigenvalue weighted by Gasteiger charge is -2.50. The molecule has 6 nitrogen and oxygen atoms in total. The number of likely N-dealkylation sites (tertiary alicyclic amines) is 1. The molecule has 2 aliphatic rings. The Bertz CT molecular complexity index is 617. The number of rotatable bonds is 5. The molecule has 2 aliphatic heterocycles. The first-order valence-electron chi connectivity index (χ1n) is 8.75. The van der Waals surface area contributed by atoms with Crippen LogP contribution in [0.2, 0.25) is 0 Å². The lowest BCUT2D eigenvalue weighted by atomic mass is 9.78. The van der Waals surface area contributed by atoms with Crippen molar-refractivity contribution >= 4 is 11.8 Å². The molecule has 2 fully saturated rings. The van der Waals surface area contributed by atoms with Crippen molar-refractivity contribution in [1.82, 2.24) is 14.8 Å². The minimum Gasteiger partial charge on any atom is -0.371 e. The molecule has 3 heterocycles. The van der Waals surface area contributed by atoms with Crippen LogP contribution < -0.4 is 5.32 Å². The summed E-state index contributed by atoms with van der Waals surface area (Å²) in [6.45, 7) is 6.64. The second kappa shape index (κ2) is 6.59. The van der Waals surface area contributed by atoms with Crippen molar-refractivity contribution in [3.8, 4) is 0 Å². The maximum atomic E-state index is 12.1. The van der Waals surface area contributed by atoms with Crippen molar-refractivity contribution in [2.75, 3.05) is 26.2 Å². The summed E-state index contributed by atoms with van der Waals surface area (Å²) in [6.07, 6.45) is 3.76. The molecule has 0 bridgehead atoms. The van der Waals surface area contributed by atoms with E-state index in [4.69, 9.17) is 4.74 Å². The van der Waals surface area contributed by atoms with E-state index in [9.17, 15) is 9.59 Å². The van der Waals surface area contributed by atoms with Gasteiger partial charge in [-0.15, -0.1) is 0 Å². The zero-order chi connectivity index (χ0) is 17.3. The number of carbonyl (C=O) groups excluding carboxylic acids is 2. The highest BCUT2D eigenvalue weighted by Gasteiger charge is 2.54. The molecule has 0 radical (unpaired) electrons. The van der Waals surface area contributed by atoms with E-state index < -0.39 is 0 Å². The zero-order valence-corrected chi connectivity index (χ0v) is 14.7. The summed E-state index contributed by atoms with van der Waals surface area (Å²) < 4.78 is 7.80. The fraction of sp³-hybridized carbons (Fsp3) is 0.667. The molecular formula is C18H27N3O3. The second-order valence-corrected chi connectivity index (χ2v) is 7.30. The van der Waals surface area contributed by atoms with Crippen molar-refractivity contribution < 1.29 is 14.3 Å². The molecule has 132 valence electrons. The molecule has 1 aromatic rings. The summed E-state index contributed by atoms with van der Waals surface area (Å²) in [5.41, 5.74) is 0.491. The first kappa shape index (κ1) is 17.0. The van der Waals surface area contributed by atoms with Gasteiger partial charge in [0.15, 0.2) is 0 Å². The highest BCUT2D eigenvalue weighted by atomic mass is 16.5. The molecule has 1 atom stereocenters. The quantitative estimate of drug-likeness (QED) is 0.886. The fourth-order valence-corrected chi connectivity index (χ4v) is 3.81. The average Bonchev–Trinajstić information content (AvgIpc) is 3.11. The van der Waals surface area contributed by atoms with E-state index in [-0.39, 0.29) is 23.3 Å². The maximum absolute atomic E-state index is 12.1. The van der Waals surface area contributed by atoms with Gasteiger partial charge in [-0.2, -0.15) is 0 Å². The fourth-order valence-electron chi connectivity index (χ4n) is 3.81. The highest BCUT2D eigenvalue weighted by molar-refractivity contribution is 5.92. The Morgan fingerprint density at radius 1 is 1.42 bits per heavy atom. The number of carbonyl (C=O) groups is 2. The number of aryl methyl sites for hydroxylation is 1. The van der Waals surface area contributed by atoms with Crippen LogP contribution in [0.25, 0.3) is 0 Å². The topological polar surface area (TPSA) is 63.6 Å². The van der Waals surface area contributed by atoms with E-state index in [0.717, 1.165) is 19.4 Å². The summed E-state index contributed by atoms with van der Waals surface area (Å²) in [5, 5.41) is 3.00. The average molecular weight is 333 g/mol. The van der Waals surface area contributed by atoms with Crippen molar-refractivity contribution in [3.63, 3.8) is 0 Å². The van der Waals surface area contributed by atoms with Crippen LogP contribution in [0.4, 0.5) is 0 Å². The standard InChI is InChI=1S/C18H27N3O3/c1-13(2)17(23)21-11-18(12-21)14(7-10-24-18)6-8-19-16(22)15-5-4-9-20(15)3/h4-5,9,13-14H,6-8,10-12H2,1-3H3,(H,19,22). The van der Waals surface area contributed by atoms with Crippen LogP contribution in [0, 0.1) is 11.8 Å². The van der Waals surface area contributed by atoms with Gasteiger partial charge in [0, 0.05) is 32.3 Å². The molecule has 2 amide bonds. The summed E-state index contributed by atoms with van der Waals surface area (Å²) in [5.74, 6) is 0.599. The number of amides is 2. The Balaban J connectivity index is 1.48. The number of hydrogen-bond acceptors (Lipinski definition) is 3. The molecule has 3 rings (SSSR count). The summed E-state index contributed by atoms with van der Waals surface area (Å²) in [4.78, 5) is 26.1. The van der Waals surface area contributed by atoms with E-state index >= 15 is 0 Å². The summed E-state index contributed by atoms with van der Waals surface area (Å²) in [6, 6.07) is 3.68. The van der Waals surface area contributed by atoms with E-state index in [0.29, 0.717) is 31.2 Å². The van der Waals surface area contributed by atoms with Crippen LogP contribution in [-0.2, 0) is 16.6 Å². The van der Waals surface area contributed by atoms with Crippen LogP contribution in [-0.4, -0.2) is 53.1 Å². The Hall–Kier alpha value is -1.82. The van der Waals surface area contributed by atoms with Gasteiger partial charge < -0.3 is 19.5 Å². The Labute approximate surface area is 143 Å². The van der Waals surface area contributed by atoms with E-state index in [2.05, 4.69) is 5.32 Å². The third-order valence-corrected chi connectivity index (χ3v) is 5.28. The molecule has 1 aromatic heterocycles. The van der Waals surface area contributed by atoms with E-state index in [1.807, 2.05) is 48.7 Å². The normalized spacial score (nSPS) is 22.0. The minimum atomic E-state index is -0.180. The van der Waals surface area contributed by atoms with Gasteiger partial charge in [-0.05, 0) is 30.9 Å². The number of aromatic nitrogens is 1. The third-order valence-electron chi connectivity index (χ3n) is 5.28. The highest BCUT2D eigenvalue weighted by Crippen LogP contribution is 2.41. The second-order valence-electron chi connectivity index (χ2n) is 7.30. The Morgan fingerprint density at radius 3 is 2.79 bits per heavy atom.